The first-order valence-corrected chi connectivity index (χ1v) is 6.66. The zero-order valence-electron chi connectivity index (χ0n) is 11.2. The molecule has 1 aliphatic carbocycles. The monoisotopic (exact) mass is 304 g/mol. The highest BCUT2D eigenvalue weighted by atomic mass is 19.4. The molecule has 1 saturated carbocycles. The maximum atomic E-state index is 13.3. The van der Waals surface area contributed by atoms with Gasteiger partial charge in [-0.15, -0.1) is 0 Å². The van der Waals surface area contributed by atoms with Crippen LogP contribution in [0, 0.1) is 11.7 Å². The fraction of sp³-hybridized carbons (Fsp3) is 0.500. The third-order valence-electron chi connectivity index (χ3n) is 3.35. The van der Waals surface area contributed by atoms with Crippen molar-refractivity contribution < 1.29 is 22.4 Å². The van der Waals surface area contributed by atoms with E-state index in [4.69, 9.17) is 5.73 Å². The zero-order valence-corrected chi connectivity index (χ0v) is 11.2. The molecule has 3 nitrogen and oxygen atoms in total. The molecule has 1 atom stereocenters. The molecule has 1 unspecified atom stereocenters. The van der Waals surface area contributed by atoms with E-state index in [-0.39, 0.29) is 30.5 Å². The van der Waals surface area contributed by atoms with Crippen LogP contribution in [-0.2, 0) is 17.4 Å². The Hall–Kier alpha value is -1.63. The van der Waals surface area contributed by atoms with Crippen molar-refractivity contribution in [2.75, 3.05) is 6.54 Å². The first-order chi connectivity index (χ1) is 9.79. The molecule has 21 heavy (non-hydrogen) atoms. The molecule has 0 radical (unpaired) electrons. The molecule has 1 aliphatic rings. The molecular weight excluding hydrogens is 288 g/mol. The quantitative estimate of drug-likeness (QED) is 0.820. The van der Waals surface area contributed by atoms with Gasteiger partial charge in [0.15, 0.2) is 0 Å². The van der Waals surface area contributed by atoms with E-state index in [0.717, 1.165) is 25.0 Å². The van der Waals surface area contributed by atoms with Crippen LogP contribution in [0.25, 0.3) is 0 Å². The summed E-state index contributed by atoms with van der Waals surface area (Å²) < 4.78 is 51.2. The lowest BCUT2D eigenvalue weighted by molar-refractivity contribution is -0.137. The van der Waals surface area contributed by atoms with Crippen molar-refractivity contribution in [1.82, 2.24) is 5.32 Å². The Labute approximate surface area is 119 Å². The Morgan fingerprint density at radius 2 is 2.00 bits per heavy atom. The van der Waals surface area contributed by atoms with Crippen molar-refractivity contribution in [3.63, 3.8) is 0 Å². The normalized spacial score (nSPS) is 16.6. The van der Waals surface area contributed by atoms with E-state index in [1.807, 2.05) is 0 Å². The zero-order chi connectivity index (χ0) is 15.6. The summed E-state index contributed by atoms with van der Waals surface area (Å²) in [7, 11) is 0. The highest BCUT2D eigenvalue weighted by Gasteiger charge is 2.32. The van der Waals surface area contributed by atoms with Crippen LogP contribution in [0.15, 0.2) is 18.2 Å². The van der Waals surface area contributed by atoms with Gasteiger partial charge in [0.05, 0.1) is 11.5 Å². The van der Waals surface area contributed by atoms with Gasteiger partial charge in [-0.2, -0.15) is 13.2 Å². The lowest BCUT2D eigenvalue weighted by Gasteiger charge is -2.16. The summed E-state index contributed by atoms with van der Waals surface area (Å²) in [6, 6.07) is 2.44. The van der Waals surface area contributed by atoms with E-state index in [9.17, 15) is 22.4 Å². The fourth-order valence-electron chi connectivity index (χ4n) is 2.05. The standard InChI is InChI=1S/C14H16F4N2O/c15-11-5-8(4-10(6-11)14(16,17)18)3-9(7-19)13(21)20-12-1-2-12/h4-6,9,12H,1-3,7,19H2,(H,20,21). The van der Waals surface area contributed by atoms with Gasteiger partial charge >= 0.3 is 6.18 Å². The lowest BCUT2D eigenvalue weighted by atomic mass is 9.97. The van der Waals surface area contributed by atoms with Crippen molar-refractivity contribution in [3.8, 4) is 0 Å². The van der Waals surface area contributed by atoms with E-state index in [0.29, 0.717) is 6.07 Å². The number of halogens is 4. The largest absolute Gasteiger partial charge is 0.416 e. The molecule has 0 bridgehead atoms. The first kappa shape index (κ1) is 15.8. The van der Waals surface area contributed by atoms with Crippen molar-refractivity contribution in [2.45, 2.75) is 31.5 Å². The van der Waals surface area contributed by atoms with Crippen LogP contribution >= 0.6 is 0 Å². The Morgan fingerprint density at radius 1 is 1.33 bits per heavy atom. The topological polar surface area (TPSA) is 55.1 Å². The summed E-state index contributed by atoms with van der Waals surface area (Å²) >= 11 is 0. The van der Waals surface area contributed by atoms with E-state index in [2.05, 4.69) is 5.32 Å². The van der Waals surface area contributed by atoms with Crippen LogP contribution in [0.4, 0.5) is 17.6 Å². The molecule has 2 rings (SSSR count). The Kier molecular flexibility index (Phi) is 4.51. The number of nitrogens with two attached hydrogens (primary N) is 1. The molecule has 1 amide bonds. The minimum absolute atomic E-state index is 0.00355. The van der Waals surface area contributed by atoms with Crippen LogP contribution in [-0.4, -0.2) is 18.5 Å². The summed E-state index contributed by atoms with van der Waals surface area (Å²) in [5.41, 5.74) is 4.56. The van der Waals surface area contributed by atoms with Gasteiger partial charge in [-0.05, 0) is 43.0 Å². The van der Waals surface area contributed by atoms with Gasteiger partial charge in [0, 0.05) is 12.6 Å². The average Bonchev–Trinajstić information content (AvgIpc) is 3.18. The Bertz CT molecular complexity index is 526. The number of benzene rings is 1. The van der Waals surface area contributed by atoms with Gasteiger partial charge in [0.2, 0.25) is 5.91 Å². The number of alkyl halides is 3. The van der Waals surface area contributed by atoms with Gasteiger partial charge in [0.25, 0.3) is 0 Å². The van der Waals surface area contributed by atoms with Crippen LogP contribution in [0.5, 0.6) is 0 Å². The lowest BCUT2D eigenvalue weighted by Crippen LogP contribution is -2.37. The summed E-state index contributed by atoms with van der Waals surface area (Å²) in [6.45, 7) is -0.00355. The third-order valence-corrected chi connectivity index (χ3v) is 3.35. The van der Waals surface area contributed by atoms with Gasteiger partial charge in [-0.25, -0.2) is 4.39 Å². The second kappa shape index (κ2) is 6.01. The van der Waals surface area contributed by atoms with E-state index >= 15 is 0 Å². The van der Waals surface area contributed by atoms with E-state index in [1.54, 1.807) is 0 Å². The predicted octanol–water partition coefficient (Wildman–Crippen LogP) is 2.24. The predicted molar refractivity (Wildman–Crippen MR) is 68.8 cm³/mol. The summed E-state index contributed by atoms with van der Waals surface area (Å²) in [4.78, 5) is 11.9. The maximum Gasteiger partial charge on any atom is 0.416 e. The smallest absolute Gasteiger partial charge is 0.353 e. The molecule has 1 fully saturated rings. The van der Waals surface area contributed by atoms with Crippen molar-refractivity contribution in [1.29, 1.82) is 0 Å². The maximum absolute atomic E-state index is 13.3. The SMILES string of the molecule is NCC(Cc1cc(F)cc(C(F)(F)F)c1)C(=O)NC1CC1. The summed E-state index contributed by atoms with van der Waals surface area (Å²) in [5, 5.41) is 2.75. The van der Waals surface area contributed by atoms with Gasteiger partial charge < -0.3 is 11.1 Å². The number of nitrogens with one attached hydrogen (secondary N) is 1. The number of hydrogen-bond donors (Lipinski definition) is 2. The Morgan fingerprint density at radius 3 is 2.52 bits per heavy atom. The third kappa shape index (κ3) is 4.42. The number of hydrogen-bond acceptors (Lipinski definition) is 2. The number of amides is 1. The number of rotatable bonds is 5. The van der Waals surface area contributed by atoms with E-state index < -0.39 is 23.5 Å². The van der Waals surface area contributed by atoms with Crippen LogP contribution in [0.3, 0.4) is 0 Å². The second-order valence-corrected chi connectivity index (χ2v) is 5.27. The molecule has 0 aliphatic heterocycles. The molecule has 0 heterocycles. The summed E-state index contributed by atoms with van der Waals surface area (Å²) in [5.74, 6) is -1.93. The van der Waals surface area contributed by atoms with E-state index in [1.165, 1.54) is 0 Å². The molecule has 3 N–H and O–H groups in total. The molecule has 1 aromatic rings. The van der Waals surface area contributed by atoms with Gasteiger partial charge in [-0.1, -0.05) is 0 Å². The Balaban J connectivity index is 2.12. The highest BCUT2D eigenvalue weighted by molar-refractivity contribution is 5.79. The minimum atomic E-state index is -4.62. The molecular formula is C14H16F4N2O. The molecule has 1 aromatic carbocycles. The van der Waals surface area contributed by atoms with Crippen LogP contribution in [0.1, 0.15) is 24.0 Å². The second-order valence-electron chi connectivity index (χ2n) is 5.27. The van der Waals surface area contributed by atoms with Crippen LogP contribution < -0.4 is 11.1 Å². The van der Waals surface area contributed by atoms with Gasteiger partial charge in [-0.3, -0.25) is 4.79 Å². The fourth-order valence-corrected chi connectivity index (χ4v) is 2.05. The van der Waals surface area contributed by atoms with Gasteiger partial charge in [0.1, 0.15) is 5.82 Å². The molecule has 0 aromatic heterocycles. The average molecular weight is 304 g/mol. The number of carbonyl (C=O) groups is 1. The van der Waals surface area contributed by atoms with Crippen molar-refractivity contribution in [3.05, 3.63) is 35.1 Å². The molecule has 0 spiro atoms. The molecule has 0 saturated heterocycles. The van der Waals surface area contributed by atoms with Crippen molar-refractivity contribution in [2.24, 2.45) is 11.7 Å². The van der Waals surface area contributed by atoms with Crippen molar-refractivity contribution >= 4 is 5.91 Å². The minimum Gasteiger partial charge on any atom is -0.353 e. The first-order valence-electron chi connectivity index (χ1n) is 6.66. The summed E-state index contributed by atoms with van der Waals surface area (Å²) in [6.07, 6.45) is -2.83. The molecule has 116 valence electrons. The molecule has 7 heteroatoms. The highest BCUT2D eigenvalue weighted by Crippen LogP contribution is 2.31. The van der Waals surface area contributed by atoms with Crippen LogP contribution in [0.2, 0.25) is 0 Å². The number of carbonyl (C=O) groups excluding carboxylic acids is 1.